The number of nitrogens with zero attached hydrogens (tertiary/aromatic N) is 3. The van der Waals surface area contributed by atoms with Gasteiger partial charge in [0.05, 0.1) is 11.6 Å². The number of hydrogen-bond acceptors (Lipinski definition) is 5. The van der Waals surface area contributed by atoms with Crippen molar-refractivity contribution in [2.24, 2.45) is 0 Å². The first-order chi connectivity index (χ1) is 8.08. The minimum Gasteiger partial charge on any atom is -0.399 e. The van der Waals surface area contributed by atoms with Crippen LogP contribution in [-0.4, -0.2) is 34.8 Å². The Kier molecular flexibility index (Phi) is 3.10. The third-order valence-electron chi connectivity index (χ3n) is 2.54. The van der Waals surface area contributed by atoms with Crippen LogP contribution in [0.15, 0.2) is 24.5 Å². The van der Waals surface area contributed by atoms with E-state index in [0.717, 1.165) is 16.7 Å². The maximum Gasteiger partial charge on any atom is 0.139 e. The fraction of sp³-hybridized carbons (Fsp3) is 0.333. The Morgan fingerprint density at radius 3 is 2.88 bits per heavy atom. The monoisotopic (exact) mass is 232 g/mol. The first-order valence-corrected chi connectivity index (χ1v) is 5.47. The summed E-state index contributed by atoms with van der Waals surface area (Å²) in [6.45, 7) is 2.27. The van der Waals surface area contributed by atoms with Gasteiger partial charge in [0.2, 0.25) is 0 Å². The molecule has 2 rings (SSSR count). The van der Waals surface area contributed by atoms with Crippen LogP contribution in [0, 0.1) is 0 Å². The normalized spacial score (nSPS) is 12.6. The van der Waals surface area contributed by atoms with Gasteiger partial charge in [-0.05, 0) is 25.1 Å². The van der Waals surface area contributed by atoms with Crippen molar-refractivity contribution in [1.82, 2.24) is 9.97 Å². The van der Waals surface area contributed by atoms with E-state index in [9.17, 15) is 5.11 Å². The van der Waals surface area contributed by atoms with Gasteiger partial charge in [-0.2, -0.15) is 0 Å². The van der Waals surface area contributed by atoms with Gasteiger partial charge in [-0.25, -0.2) is 9.97 Å². The highest BCUT2D eigenvalue weighted by Gasteiger charge is 2.10. The third kappa shape index (κ3) is 2.45. The molecular weight excluding hydrogens is 216 g/mol. The second-order valence-electron chi connectivity index (χ2n) is 4.20. The number of fused-ring (bicyclic) bond motifs is 1. The summed E-state index contributed by atoms with van der Waals surface area (Å²) in [7, 11) is 1.89. The van der Waals surface area contributed by atoms with Crippen LogP contribution in [0.2, 0.25) is 0 Å². The van der Waals surface area contributed by atoms with Gasteiger partial charge in [0, 0.05) is 24.7 Å². The summed E-state index contributed by atoms with van der Waals surface area (Å²) in [5.41, 5.74) is 7.21. The van der Waals surface area contributed by atoms with Crippen LogP contribution in [0.3, 0.4) is 0 Å². The smallest absolute Gasteiger partial charge is 0.139 e. The number of nitrogens with two attached hydrogens (primary N) is 1. The molecule has 0 spiro atoms. The molecule has 2 aromatic rings. The maximum absolute atomic E-state index is 9.40. The quantitative estimate of drug-likeness (QED) is 0.773. The molecule has 90 valence electrons. The lowest BCUT2D eigenvalue weighted by Gasteiger charge is -2.20. The first-order valence-electron chi connectivity index (χ1n) is 5.47. The van der Waals surface area contributed by atoms with Gasteiger partial charge in [0.15, 0.2) is 0 Å². The number of aliphatic hydroxyl groups is 1. The molecule has 1 unspecified atom stereocenters. The van der Waals surface area contributed by atoms with Crippen LogP contribution in [-0.2, 0) is 0 Å². The second kappa shape index (κ2) is 4.55. The SMILES string of the molecule is CC(O)CN(C)c1ncnc2cc(N)ccc12. The van der Waals surface area contributed by atoms with E-state index in [1.54, 1.807) is 6.92 Å². The van der Waals surface area contributed by atoms with Crippen molar-refractivity contribution < 1.29 is 5.11 Å². The van der Waals surface area contributed by atoms with Gasteiger partial charge >= 0.3 is 0 Å². The fourth-order valence-corrected chi connectivity index (χ4v) is 1.85. The minimum atomic E-state index is -0.404. The number of anilines is 2. The van der Waals surface area contributed by atoms with E-state index >= 15 is 0 Å². The van der Waals surface area contributed by atoms with E-state index in [2.05, 4.69) is 9.97 Å². The van der Waals surface area contributed by atoms with E-state index in [1.165, 1.54) is 6.33 Å². The Morgan fingerprint density at radius 2 is 2.18 bits per heavy atom. The summed E-state index contributed by atoms with van der Waals surface area (Å²) >= 11 is 0. The zero-order valence-corrected chi connectivity index (χ0v) is 9.96. The Bertz CT molecular complexity index is 527. The molecular formula is C12H16N4O. The highest BCUT2D eigenvalue weighted by Crippen LogP contribution is 2.23. The molecule has 0 aliphatic carbocycles. The Hall–Kier alpha value is -1.88. The largest absolute Gasteiger partial charge is 0.399 e. The molecule has 0 bridgehead atoms. The van der Waals surface area contributed by atoms with Crippen LogP contribution in [0.5, 0.6) is 0 Å². The summed E-state index contributed by atoms with van der Waals surface area (Å²) in [5, 5.41) is 10.3. The number of nitrogen functional groups attached to an aromatic ring is 1. The first kappa shape index (κ1) is 11.6. The molecule has 0 aliphatic heterocycles. The lowest BCUT2D eigenvalue weighted by atomic mass is 10.2. The Balaban J connectivity index is 2.47. The van der Waals surface area contributed by atoms with Crippen LogP contribution in [0.25, 0.3) is 10.9 Å². The number of hydrogen-bond donors (Lipinski definition) is 2. The zero-order chi connectivity index (χ0) is 12.4. The lowest BCUT2D eigenvalue weighted by Crippen LogP contribution is -2.27. The molecule has 5 nitrogen and oxygen atoms in total. The van der Waals surface area contributed by atoms with Gasteiger partial charge in [0.1, 0.15) is 12.1 Å². The Morgan fingerprint density at radius 1 is 1.41 bits per heavy atom. The number of rotatable bonds is 3. The summed E-state index contributed by atoms with van der Waals surface area (Å²) in [5.74, 6) is 0.802. The topological polar surface area (TPSA) is 75.3 Å². The van der Waals surface area contributed by atoms with Crippen molar-refractivity contribution >= 4 is 22.4 Å². The second-order valence-corrected chi connectivity index (χ2v) is 4.20. The molecule has 1 aromatic heterocycles. The van der Waals surface area contributed by atoms with Crippen LogP contribution in [0.1, 0.15) is 6.92 Å². The molecule has 0 amide bonds. The molecule has 0 saturated heterocycles. The van der Waals surface area contributed by atoms with Crippen molar-refractivity contribution in [3.05, 3.63) is 24.5 Å². The molecule has 5 heteroatoms. The molecule has 17 heavy (non-hydrogen) atoms. The summed E-state index contributed by atoms with van der Waals surface area (Å²) < 4.78 is 0. The lowest BCUT2D eigenvalue weighted by molar-refractivity contribution is 0.201. The highest BCUT2D eigenvalue weighted by molar-refractivity contribution is 5.91. The highest BCUT2D eigenvalue weighted by atomic mass is 16.3. The molecule has 0 aliphatic rings. The predicted octanol–water partition coefficient (Wildman–Crippen LogP) is 1.03. The zero-order valence-electron chi connectivity index (χ0n) is 9.96. The van der Waals surface area contributed by atoms with Crippen LogP contribution >= 0.6 is 0 Å². The molecule has 0 saturated carbocycles. The van der Waals surface area contributed by atoms with Crippen LogP contribution in [0.4, 0.5) is 11.5 Å². The van der Waals surface area contributed by atoms with Crippen molar-refractivity contribution in [2.45, 2.75) is 13.0 Å². The molecule has 0 radical (unpaired) electrons. The minimum absolute atomic E-state index is 0.404. The predicted molar refractivity (Wildman–Crippen MR) is 68.9 cm³/mol. The van der Waals surface area contributed by atoms with Gasteiger partial charge in [-0.15, -0.1) is 0 Å². The van der Waals surface area contributed by atoms with Crippen molar-refractivity contribution in [3.63, 3.8) is 0 Å². The average Bonchev–Trinajstić information content (AvgIpc) is 2.26. The maximum atomic E-state index is 9.40. The standard InChI is InChI=1S/C12H16N4O/c1-8(17)6-16(2)12-10-4-3-9(13)5-11(10)14-7-15-12/h3-5,7-8,17H,6,13H2,1-2H3. The summed E-state index contributed by atoms with van der Waals surface area (Å²) in [4.78, 5) is 10.3. The summed E-state index contributed by atoms with van der Waals surface area (Å²) in [6.07, 6.45) is 1.11. The van der Waals surface area contributed by atoms with E-state index < -0.39 is 6.10 Å². The van der Waals surface area contributed by atoms with Gasteiger partial charge in [-0.1, -0.05) is 0 Å². The number of aliphatic hydroxyl groups excluding tert-OH is 1. The number of aromatic nitrogens is 2. The van der Waals surface area contributed by atoms with Crippen molar-refractivity contribution in [1.29, 1.82) is 0 Å². The van der Waals surface area contributed by atoms with Crippen molar-refractivity contribution in [2.75, 3.05) is 24.2 Å². The number of likely N-dealkylation sites (N-methyl/N-ethyl adjacent to an activating group) is 1. The molecule has 1 aromatic carbocycles. The molecule has 1 atom stereocenters. The fourth-order valence-electron chi connectivity index (χ4n) is 1.85. The summed E-state index contributed by atoms with van der Waals surface area (Å²) in [6, 6.07) is 5.54. The molecule has 0 fully saturated rings. The van der Waals surface area contributed by atoms with Gasteiger partial charge in [-0.3, -0.25) is 0 Å². The average molecular weight is 232 g/mol. The van der Waals surface area contributed by atoms with E-state index in [0.29, 0.717) is 12.2 Å². The van der Waals surface area contributed by atoms with Crippen LogP contribution < -0.4 is 10.6 Å². The molecule has 1 heterocycles. The van der Waals surface area contributed by atoms with E-state index in [-0.39, 0.29) is 0 Å². The Labute approximate surface area is 99.9 Å². The van der Waals surface area contributed by atoms with Crippen molar-refractivity contribution in [3.8, 4) is 0 Å². The van der Waals surface area contributed by atoms with Gasteiger partial charge < -0.3 is 15.7 Å². The molecule has 3 N–H and O–H groups in total. The third-order valence-corrected chi connectivity index (χ3v) is 2.54. The van der Waals surface area contributed by atoms with E-state index in [4.69, 9.17) is 5.73 Å². The van der Waals surface area contributed by atoms with Gasteiger partial charge in [0.25, 0.3) is 0 Å². The number of benzene rings is 1. The van der Waals surface area contributed by atoms with E-state index in [1.807, 2.05) is 30.1 Å².